The van der Waals surface area contributed by atoms with E-state index >= 15 is 0 Å². The summed E-state index contributed by atoms with van der Waals surface area (Å²) in [4.78, 5) is 14.9. The molecule has 2 fully saturated rings. The zero-order valence-corrected chi connectivity index (χ0v) is 13.1. The monoisotopic (exact) mass is 311 g/mol. The lowest BCUT2D eigenvalue weighted by Crippen LogP contribution is -2.42. The molecule has 0 spiro atoms. The predicted octanol–water partition coefficient (Wildman–Crippen LogP) is 3.33. The van der Waals surface area contributed by atoms with Crippen LogP contribution in [0.1, 0.15) is 36.0 Å². The van der Waals surface area contributed by atoms with Crippen LogP contribution in [0, 0.1) is 0 Å². The number of phenolic OH excluding ortho intramolecular Hbond substituents is 1. The van der Waals surface area contributed by atoms with Crippen LogP contribution in [0.2, 0.25) is 0 Å². The van der Waals surface area contributed by atoms with Crippen molar-refractivity contribution in [3.05, 3.63) is 42.0 Å². The number of ether oxygens (including phenoxy) is 1. The molecule has 0 aromatic heterocycles. The summed E-state index contributed by atoms with van der Waals surface area (Å²) in [5.41, 5.74) is 0.397. The lowest BCUT2D eigenvalue weighted by molar-refractivity contribution is 0.0339. The zero-order chi connectivity index (χ0) is 15.8. The molecule has 4 heteroatoms. The smallest absolute Gasteiger partial charge is 0.257 e. The van der Waals surface area contributed by atoms with Crippen molar-refractivity contribution in [1.29, 1.82) is 0 Å². The minimum atomic E-state index is -0.0775. The molecule has 2 aromatic rings. The van der Waals surface area contributed by atoms with Crippen LogP contribution in [-0.4, -0.2) is 41.2 Å². The molecule has 2 aliphatic rings. The Bertz CT molecular complexity index is 736. The molecule has 23 heavy (non-hydrogen) atoms. The van der Waals surface area contributed by atoms with Gasteiger partial charge in [0.15, 0.2) is 0 Å². The number of fused-ring (bicyclic) bond motifs is 1. The summed E-state index contributed by atoms with van der Waals surface area (Å²) in [5.74, 6) is 0.0114. The molecular weight excluding hydrogens is 290 g/mol. The van der Waals surface area contributed by atoms with Gasteiger partial charge in [-0.25, -0.2) is 0 Å². The molecule has 0 radical (unpaired) electrons. The van der Waals surface area contributed by atoms with E-state index in [0.29, 0.717) is 5.56 Å². The van der Waals surface area contributed by atoms with Gasteiger partial charge in [-0.15, -0.1) is 0 Å². The molecule has 1 N–H and O–H groups in total. The van der Waals surface area contributed by atoms with Crippen molar-refractivity contribution in [3.8, 4) is 5.75 Å². The number of likely N-dealkylation sites (tertiary alicyclic amines) is 1. The van der Waals surface area contributed by atoms with Gasteiger partial charge in [0.1, 0.15) is 5.75 Å². The van der Waals surface area contributed by atoms with E-state index in [2.05, 4.69) is 0 Å². The highest BCUT2D eigenvalue weighted by Crippen LogP contribution is 2.33. The van der Waals surface area contributed by atoms with E-state index in [-0.39, 0.29) is 23.8 Å². The number of carbonyl (C=O) groups excluding carboxylic acids is 1. The maximum absolute atomic E-state index is 13.0. The first kappa shape index (κ1) is 14.5. The summed E-state index contributed by atoms with van der Waals surface area (Å²) in [7, 11) is 0. The van der Waals surface area contributed by atoms with Gasteiger partial charge < -0.3 is 14.7 Å². The fraction of sp³-hybridized carbons (Fsp3) is 0.421. The van der Waals surface area contributed by atoms with Gasteiger partial charge in [-0.2, -0.15) is 0 Å². The predicted molar refractivity (Wildman–Crippen MR) is 88.6 cm³/mol. The number of hydrogen-bond donors (Lipinski definition) is 1. The second-order valence-corrected chi connectivity index (χ2v) is 6.44. The molecule has 0 saturated carbocycles. The molecule has 4 rings (SSSR count). The topological polar surface area (TPSA) is 49.8 Å². The zero-order valence-electron chi connectivity index (χ0n) is 13.1. The molecule has 2 saturated heterocycles. The van der Waals surface area contributed by atoms with Crippen molar-refractivity contribution < 1.29 is 14.6 Å². The number of carbonyl (C=O) groups is 1. The molecule has 2 aromatic carbocycles. The summed E-state index contributed by atoms with van der Waals surface area (Å²) in [6, 6.07) is 11.4. The van der Waals surface area contributed by atoms with Crippen LogP contribution < -0.4 is 0 Å². The number of amides is 1. The molecule has 0 aliphatic carbocycles. The van der Waals surface area contributed by atoms with E-state index in [1.807, 2.05) is 35.2 Å². The third-order valence-electron chi connectivity index (χ3n) is 5.09. The fourth-order valence-corrected chi connectivity index (χ4v) is 3.92. The Labute approximate surface area is 135 Å². The molecule has 0 bridgehead atoms. The normalized spacial score (nSPS) is 24.4. The van der Waals surface area contributed by atoms with Crippen LogP contribution in [0.3, 0.4) is 0 Å². The van der Waals surface area contributed by atoms with E-state index in [1.54, 1.807) is 6.07 Å². The van der Waals surface area contributed by atoms with Crippen molar-refractivity contribution in [2.45, 2.75) is 37.8 Å². The van der Waals surface area contributed by atoms with Gasteiger partial charge in [-0.05, 0) is 37.1 Å². The van der Waals surface area contributed by atoms with Crippen molar-refractivity contribution >= 4 is 16.7 Å². The van der Waals surface area contributed by atoms with Gasteiger partial charge in [0.25, 0.3) is 5.91 Å². The number of benzene rings is 2. The first-order valence-electron chi connectivity index (χ1n) is 8.39. The van der Waals surface area contributed by atoms with Gasteiger partial charge >= 0.3 is 0 Å². The summed E-state index contributed by atoms with van der Waals surface area (Å²) in [6.45, 7) is 1.54. The van der Waals surface area contributed by atoms with Gasteiger partial charge in [0.05, 0.1) is 17.7 Å². The summed E-state index contributed by atoms with van der Waals surface area (Å²) in [6.07, 6.45) is 4.25. The Balaban J connectivity index is 1.67. The molecule has 1 amide bonds. The van der Waals surface area contributed by atoms with Crippen LogP contribution >= 0.6 is 0 Å². The fourth-order valence-electron chi connectivity index (χ4n) is 3.92. The summed E-state index contributed by atoms with van der Waals surface area (Å²) >= 11 is 0. The van der Waals surface area contributed by atoms with Crippen molar-refractivity contribution in [2.75, 3.05) is 13.2 Å². The molecule has 2 aliphatic heterocycles. The van der Waals surface area contributed by atoms with Crippen LogP contribution in [0.25, 0.3) is 10.8 Å². The first-order valence-corrected chi connectivity index (χ1v) is 8.39. The van der Waals surface area contributed by atoms with Crippen molar-refractivity contribution in [3.63, 3.8) is 0 Å². The van der Waals surface area contributed by atoms with E-state index < -0.39 is 0 Å². The van der Waals surface area contributed by atoms with E-state index in [0.717, 1.165) is 49.6 Å². The summed E-state index contributed by atoms with van der Waals surface area (Å²) < 4.78 is 5.80. The standard InChI is InChI=1S/C19H21NO3/c21-18-14-6-2-1-5-13(14)9-10-15(18)19(22)20-11-3-7-16(20)17-8-4-12-23-17/h1-2,5-6,9-10,16-17,21H,3-4,7-8,11-12H2/t16-,17+/m0/s1. The van der Waals surface area contributed by atoms with Crippen LogP contribution in [0.15, 0.2) is 36.4 Å². The highest BCUT2D eigenvalue weighted by atomic mass is 16.5. The van der Waals surface area contributed by atoms with Gasteiger partial charge in [0, 0.05) is 18.5 Å². The van der Waals surface area contributed by atoms with Gasteiger partial charge in [-0.1, -0.05) is 30.3 Å². The second-order valence-electron chi connectivity index (χ2n) is 6.44. The number of rotatable bonds is 2. The van der Waals surface area contributed by atoms with Crippen molar-refractivity contribution in [1.82, 2.24) is 4.90 Å². The first-order chi connectivity index (χ1) is 11.3. The Kier molecular flexibility index (Phi) is 3.69. The maximum atomic E-state index is 13.0. The molecule has 2 heterocycles. The average molecular weight is 311 g/mol. The lowest BCUT2D eigenvalue weighted by Gasteiger charge is -2.29. The van der Waals surface area contributed by atoms with Crippen LogP contribution in [0.4, 0.5) is 0 Å². The molecular formula is C19H21NO3. The molecule has 2 atom stereocenters. The Morgan fingerprint density at radius 1 is 1.13 bits per heavy atom. The number of aromatic hydroxyl groups is 1. The SMILES string of the molecule is O=C(c1ccc2ccccc2c1O)N1CCC[C@H]1[C@H]1CCCO1. The number of phenols is 1. The highest BCUT2D eigenvalue weighted by Gasteiger charge is 2.37. The average Bonchev–Trinajstić information content (AvgIpc) is 3.26. The van der Waals surface area contributed by atoms with E-state index in [1.165, 1.54) is 0 Å². The third kappa shape index (κ3) is 2.47. The maximum Gasteiger partial charge on any atom is 0.257 e. The minimum absolute atomic E-state index is 0.0775. The molecule has 0 unspecified atom stereocenters. The lowest BCUT2D eigenvalue weighted by atomic mass is 10.0. The quantitative estimate of drug-likeness (QED) is 0.925. The largest absolute Gasteiger partial charge is 0.506 e. The van der Waals surface area contributed by atoms with Crippen molar-refractivity contribution in [2.24, 2.45) is 0 Å². The Morgan fingerprint density at radius 3 is 2.83 bits per heavy atom. The van der Waals surface area contributed by atoms with Gasteiger partial charge in [-0.3, -0.25) is 4.79 Å². The third-order valence-corrected chi connectivity index (χ3v) is 5.09. The number of nitrogens with zero attached hydrogens (tertiary/aromatic N) is 1. The highest BCUT2D eigenvalue weighted by molar-refractivity contribution is 6.03. The second kappa shape index (κ2) is 5.85. The summed E-state index contributed by atoms with van der Waals surface area (Å²) in [5, 5.41) is 12.2. The Hall–Kier alpha value is -2.07. The minimum Gasteiger partial charge on any atom is -0.506 e. The Morgan fingerprint density at radius 2 is 2.00 bits per heavy atom. The molecule has 4 nitrogen and oxygen atoms in total. The van der Waals surface area contributed by atoms with Gasteiger partial charge in [0.2, 0.25) is 0 Å². The van der Waals surface area contributed by atoms with Crippen LogP contribution in [-0.2, 0) is 4.74 Å². The van der Waals surface area contributed by atoms with E-state index in [4.69, 9.17) is 4.74 Å². The van der Waals surface area contributed by atoms with Crippen LogP contribution in [0.5, 0.6) is 5.75 Å². The van der Waals surface area contributed by atoms with E-state index in [9.17, 15) is 9.90 Å². The molecule has 120 valence electrons. The number of hydrogen-bond acceptors (Lipinski definition) is 3.